The molecule has 0 spiro atoms. The zero-order chi connectivity index (χ0) is 18.2. The number of rotatable bonds is 6. The van der Waals surface area contributed by atoms with E-state index in [-0.39, 0.29) is 5.57 Å². The molecule has 128 valence electrons. The summed E-state index contributed by atoms with van der Waals surface area (Å²) in [5, 5.41) is 14.8. The van der Waals surface area contributed by atoms with Crippen LogP contribution >= 0.6 is 0 Å². The molecule has 7 nitrogen and oxygen atoms in total. The van der Waals surface area contributed by atoms with Crippen LogP contribution in [0.25, 0.3) is 0 Å². The minimum absolute atomic E-state index is 0.0922. The van der Waals surface area contributed by atoms with E-state index in [0.29, 0.717) is 22.9 Å². The molecule has 0 bridgehead atoms. The fourth-order valence-electron chi connectivity index (χ4n) is 1.96. The first kappa shape index (κ1) is 17.8. The van der Waals surface area contributed by atoms with E-state index >= 15 is 0 Å². The fraction of sp³-hybridized carbons (Fsp3) is 0.167. The van der Waals surface area contributed by atoms with Crippen molar-refractivity contribution >= 4 is 17.3 Å². The van der Waals surface area contributed by atoms with Gasteiger partial charge in [-0.15, -0.1) is 0 Å². The maximum absolute atomic E-state index is 12.3. The van der Waals surface area contributed by atoms with Gasteiger partial charge in [0.05, 0.1) is 31.8 Å². The van der Waals surface area contributed by atoms with E-state index in [0.717, 1.165) is 5.69 Å². The lowest BCUT2D eigenvalue weighted by Crippen LogP contribution is -2.15. The third-order valence-corrected chi connectivity index (χ3v) is 3.31. The van der Waals surface area contributed by atoms with Gasteiger partial charge in [-0.05, 0) is 31.2 Å². The fourth-order valence-corrected chi connectivity index (χ4v) is 1.96. The summed E-state index contributed by atoms with van der Waals surface area (Å²) in [6.45, 7) is 1.87. The Morgan fingerprint density at radius 1 is 1.24 bits per heavy atom. The van der Waals surface area contributed by atoms with Gasteiger partial charge in [0.15, 0.2) is 0 Å². The molecule has 7 heteroatoms. The molecule has 0 saturated carbocycles. The Kier molecular flexibility index (Phi) is 5.96. The number of methoxy groups -OCH3 is 2. The number of aryl methyl sites for hydroxylation is 1. The number of hydrogen-bond donors (Lipinski definition) is 2. The summed E-state index contributed by atoms with van der Waals surface area (Å²) in [5.41, 5.74) is 1.86. The highest BCUT2D eigenvalue weighted by Crippen LogP contribution is 2.29. The van der Waals surface area contributed by atoms with Crippen molar-refractivity contribution in [2.45, 2.75) is 6.92 Å². The highest BCUT2D eigenvalue weighted by molar-refractivity contribution is 6.07. The molecule has 0 saturated heterocycles. The Balaban J connectivity index is 2.16. The highest BCUT2D eigenvalue weighted by Gasteiger charge is 2.13. The zero-order valence-electron chi connectivity index (χ0n) is 14.2. The van der Waals surface area contributed by atoms with Crippen LogP contribution in [0.3, 0.4) is 0 Å². The molecule has 0 unspecified atom stereocenters. The molecule has 2 aromatic rings. The van der Waals surface area contributed by atoms with Crippen LogP contribution in [0.2, 0.25) is 0 Å². The van der Waals surface area contributed by atoms with E-state index in [4.69, 9.17) is 9.47 Å². The van der Waals surface area contributed by atoms with Crippen LogP contribution in [-0.4, -0.2) is 25.1 Å². The number of amides is 1. The molecule has 2 rings (SSSR count). The first-order chi connectivity index (χ1) is 12.1. The molecule has 1 amide bonds. The van der Waals surface area contributed by atoms with Gasteiger partial charge in [0.1, 0.15) is 23.1 Å². The molecule has 0 radical (unpaired) electrons. The molecule has 1 aromatic carbocycles. The molecule has 25 heavy (non-hydrogen) atoms. The molecular formula is C18H18N4O3. The number of pyridine rings is 1. The van der Waals surface area contributed by atoms with Gasteiger partial charge in [-0.2, -0.15) is 5.26 Å². The lowest BCUT2D eigenvalue weighted by Gasteiger charge is -2.11. The molecule has 0 fully saturated rings. The van der Waals surface area contributed by atoms with Gasteiger partial charge < -0.3 is 20.1 Å². The summed E-state index contributed by atoms with van der Waals surface area (Å²) in [5.74, 6) is 0.450. The summed E-state index contributed by atoms with van der Waals surface area (Å²) < 4.78 is 10.3. The number of nitrogens with one attached hydrogen (secondary N) is 2. The number of anilines is 2. The minimum atomic E-state index is -0.568. The minimum Gasteiger partial charge on any atom is -0.497 e. The topological polar surface area (TPSA) is 96.3 Å². The summed E-state index contributed by atoms with van der Waals surface area (Å²) in [6, 6.07) is 10.5. The second kappa shape index (κ2) is 8.36. The lowest BCUT2D eigenvalue weighted by atomic mass is 10.2. The van der Waals surface area contributed by atoms with Crippen molar-refractivity contribution in [2.75, 3.05) is 24.9 Å². The second-order valence-electron chi connectivity index (χ2n) is 5.02. The first-order valence-electron chi connectivity index (χ1n) is 7.40. The number of aromatic nitrogens is 1. The number of carbonyl (C=O) groups excluding carboxylic acids is 1. The summed E-state index contributed by atoms with van der Waals surface area (Å²) in [7, 11) is 3.01. The van der Waals surface area contributed by atoms with E-state index < -0.39 is 5.91 Å². The maximum atomic E-state index is 12.3. The van der Waals surface area contributed by atoms with Gasteiger partial charge in [-0.25, -0.2) is 0 Å². The quantitative estimate of drug-likeness (QED) is 0.621. The maximum Gasteiger partial charge on any atom is 0.267 e. The van der Waals surface area contributed by atoms with Gasteiger partial charge in [-0.3, -0.25) is 9.78 Å². The van der Waals surface area contributed by atoms with Gasteiger partial charge in [-0.1, -0.05) is 0 Å². The van der Waals surface area contributed by atoms with Gasteiger partial charge >= 0.3 is 0 Å². The average molecular weight is 338 g/mol. The van der Waals surface area contributed by atoms with E-state index in [1.165, 1.54) is 20.4 Å². The second-order valence-corrected chi connectivity index (χ2v) is 5.02. The highest BCUT2D eigenvalue weighted by atomic mass is 16.5. The van der Waals surface area contributed by atoms with Crippen LogP contribution in [-0.2, 0) is 4.79 Å². The molecule has 0 aliphatic carbocycles. The molecule has 0 aliphatic heterocycles. The van der Waals surface area contributed by atoms with E-state index in [1.54, 1.807) is 30.5 Å². The number of nitriles is 1. The lowest BCUT2D eigenvalue weighted by molar-refractivity contribution is -0.112. The number of nitrogens with zero attached hydrogens (tertiary/aromatic N) is 2. The third kappa shape index (κ3) is 4.72. The van der Waals surface area contributed by atoms with Crippen molar-refractivity contribution in [3.8, 4) is 17.6 Å². The monoisotopic (exact) mass is 338 g/mol. The number of ether oxygens (including phenoxy) is 2. The normalized spacial score (nSPS) is 10.6. The van der Waals surface area contributed by atoms with Crippen molar-refractivity contribution in [1.29, 1.82) is 5.26 Å². The molecule has 1 heterocycles. The van der Waals surface area contributed by atoms with Crippen molar-refractivity contribution in [1.82, 2.24) is 4.98 Å². The summed E-state index contributed by atoms with van der Waals surface area (Å²) in [6.07, 6.45) is 2.94. The van der Waals surface area contributed by atoms with E-state index in [1.807, 2.05) is 19.1 Å². The molecule has 2 N–H and O–H groups in total. The van der Waals surface area contributed by atoms with Crippen LogP contribution in [0.4, 0.5) is 11.4 Å². The predicted octanol–water partition coefficient (Wildman–Crippen LogP) is 2.87. The van der Waals surface area contributed by atoms with Crippen LogP contribution in [0.15, 0.2) is 48.3 Å². The molecule has 0 atom stereocenters. The smallest absolute Gasteiger partial charge is 0.267 e. The SMILES string of the molecule is COc1ccc(OC)c(NC(=O)/C(C#N)=C\Nc2ccc(C)nc2)c1. The van der Waals surface area contributed by atoms with Crippen LogP contribution in [0, 0.1) is 18.3 Å². The number of benzene rings is 1. The first-order valence-corrected chi connectivity index (χ1v) is 7.40. The Hall–Kier alpha value is -3.53. The largest absolute Gasteiger partial charge is 0.497 e. The number of hydrogen-bond acceptors (Lipinski definition) is 6. The Morgan fingerprint density at radius 2 is 2.04 bits per heavy atom. The Morgan fingerprint density at radius 3 is 2.64 bits per heavy atom. The van der Waals surface area contributed by atoms with Crippen molar-refractivity contribution < 1.29 is 14.3 Å². The predicted molar refractivity (Wildman–Crippen MR) is 94.5 cm³/mol. The van der Waals surface area contributed by atoms with Crippen LogP contribution in [0.1, 0.15) is 5.69 Å². The summed E-state index contributed by atoms with van der Waals surface area (Å²) in [4.78, 5) is 16.5. The molecule has 1 aromatic heterocycles. The zero-order valence-corrected chi connectivity index (χ0v) is 14.2. The van der Waals surface area contributed by atoms with Crippen LogP contribution in [0.5, 0.6) is 11.5 Å². The van der Waals surface area contributed by atoms with Crippen LogP contribution < -0.4 is 20.1 Å². The standard InChI is InChI=1S/C18H18N4O3/c1-12-4-5-14(11-20-12)21-10-13(9-19)18(23)22-16-8-15(24-2)6-7-17(16)25-3/h4-8,10-11,21H,1-3H3,(H,22,23)/b13-10-. The summed E-state index contributed by atoms with van der Waals surface area (Å²) >= 11 is 0. The average Bonchev–Trinajstić information content (AvgIpc) is 2.63. The Labute approximate surface area is 145 Å². The Bertz CT molecular complexity index is 823. The third-order valence-electron chi connectivity index (χ3n) is 3.31. The van der Waals surface area contributed by atoms with Gasteiger partial charge in [0, 0.05) is 18.0 Å². The van der Waals surface area contributed by atoms with Crippen molar-refractivity contribution in [2.24, 2.45) is 0 Å². The van der Waals surface area contributed by atoms with E-state index in [2.05, 4.69) is 15.6 Å². The molecular weight excluding hydrogens is 320 g/mol. The van der Waals surface area contributed by atoms with Crippen molar-refractivity contribution in [3.63, 3.8) is 0 Å². The van der Waals surface area contributed by atoms with Gasteiger partial charge in [0.2, 0.25) is 0 Å². The molecule has 0 aliphatic rings. The van der Waals surface area contributed by atoms with Gasteiger partial charge in [0.25, 0.3) is 5.91 Å². The number of carbonyl (C=O) groups is 1. The van der Waals surface area contributed by atoms with Crippen molar-refractivity contribution in [3.05, 3.63) is 54.0 Å². The van der Waals surface area contributed by atoms with E-state index in [9.17, 15) is 10.1 Å².